The lowest BCUT2D eigenvalue weighted by Gasteiger charge is -2.36. The van der Waals surface area contributed by atoms with Crippen molar-refractivity contribution >= 4 is 29.3 Å². The van der Waals surface area contributed by atoms with Crippen LogP contribution in [0.3, 0.4) is 0 Å². The molecule has 5 heteroatoms. The molecule has 2 aromatic rings. The van der Waals surface area contributed by atoms with Gasteiger partial charge >= 0.3 is 0 Å². The number of hydrogen-bond donors (Lipinski definition) is 0. The SMILES string of the molecule is Cc1ccc(Cl)cc1N1CCN(C(=O)C=Cc2ccco2)CC1. The van der Waals surface area contributed by atoms with Gasteiger partial charge in [0, 0.05) is 43.0 Å². The average molecular weight is 331 g/mol. The molecule has 0 saturated carbocycles. The van der Waals surface area contributed by atoms with E-state index in [0.717, 1.165) is 23.8 Å². The molecule has 0 unspecified atom stereocenters. The fraction of sp³-hybridized carbons (Fsp3) is 0.278. The minimum absolute atomic E-state index is 0.0175. The van der Waals surface area contributed by atoms with E-state index in [1.54, 1.807) is 24.5 Å². The smallest absolute Gasteiger partial charge is 0.246 e. The highest BCUT2D eigenvalue weighted by Crippen LogP contribution is 2.25. The molecule has 120 valence electrons. The van der Waals surface area contributed by atoms with Gasteiger partial charge < -0.3 is 14.2 Å². The molecule has 0 bridgehead atoms. The van der Waals surface area contributed by atoms with E-state index in [-0.39, 0.29) is 5.91 Å². The quantitative estimate of drug-likeness (QED) is 0.807. The Bertz CT molecular complexity index is 702. The van der Waals surface area contributed by atoms with Crippen molar-refractivity contribution in [2.24, 2.45) is 0 Å². The Hall–Kier alpha value is -2.20. The number of amides is 1. The molecule has 0 radical (unpaired) electrons. The summed E-state index contributed by atoms with van der Waals surface area (Å²) in [6.45, 7) is 5.10. The average Bonchev–Trinajstić information content (AvgIpc) is 3.08. The minimum atomic E-state index is 0.0175. The van der Waals surface area contributed by atoms with Crippen LogP contribution in [0.4, 0.5) is 5.69 Å². The van der Waals surface area contributed by atoms with Crippen LogP contribution in [0.1, 0.15) is 11.3 Å². The van der Waals surface area contributed by atoms with E-state index in [2.05, 4.69) is 11.8 Å². The fourth-order valence-electron chi connectivity index (χ4n) is 2.74. The van der Waals surface area contributed by atoms with Crippen molar-refractivity contribution in [3.05, 3.63) is 59.0 Å². The van der Waals surface area contributed by atoms with Gasteiger partial charge in [-0.2, -0.15) is 0 Å². The van der Waals surface area contributed by atoms with Gasteiger partial charge in [-0.1, -0.05) is 17.7 Å². The molecule has 2 heterocycles. The number of hydrogen-bond acceptors (Lipinski definition) is 3. The first-order chi connectivity index (χ1) is 11.1. The number of carbonyl (C=O) groups is 1. The lowest BCUT2D eigenvalue weighted by Crippen LogP contribution is -2.48. The Morgan fingerprint density at radius 3 is 2.70 bits per heavy atom. The summed E-state index contributed by atoms with van der Waals surface area (Å²) in [4.78, 5) is 16.4. The zero-order valence-corrected chi connectivity index (χ0v) is 13.8. The van der Waals surface area contributed by atoms with Crippen molar-refractivity contribution in [3.63, 3.8) is 0 Å². The highest BCUT2D eigenvalue weighted by Gasteiger charge is 2.20. The number of halogens is 1. The second-order valence-corrected chi connectivity index (χ2v) is 6.03. The topological polar surface area (TPSA) is 36.7 Å². The van der Waals surface area contributed by atoms with E-state index in [1.807, 2.05) is 29.2 Å². The normalized spacial score (nSPS) is 15.4. The first-order valence-corrected chi connectivity index (χ1v) is 8.03. The Morgan fingerprint density at radius 1 is 1.22 bits per heavy atom. The molecule has 0 spiro atoms. The highest BCUT2D eigenvalue weighted by atomic mass is 35.5. The molecular formula is C18H19ClN2O2. The van der Waals surface area contributed by atoms with Gasteiger partial charge in [0.05, 0.1) is 6.26 Å². The summed E-state index contributed by atoms with van der Waals surface area (Å²) in [7, 11) is 0. The lowest BCUT2D eigenvalue weighted by molar-refractivity contribution is -0.126. The van der Waals surface area contributed by atoms with Crippen LogP contribution in [-0.4, -0.2) is 37.0 Å². The van der Waals surface area contributed by atoms with Crippen LogP contribution < -0.4 is 4.90 Å². The first-order valence-electron chi connectivity index (χ1n) is 7.65. The van der Waals surface area contributed by atoms with Crippen LogP contribution in [0.25, 0.3) is 6.08 Å². The molecule has 1 aliphatic rings. The molecule has 1 saturated heterocycles. The third kappa shape index (κ3) is 3.77. The van der Waals surface area contributed by atoms with E-state index >= 15 is 0 Å². The van der Waals surface area contributed by atoms with Crippen LogP contribution in [0.2, 0.25) is 5.02 Å². The van der Waals surface area contributed by atoms with Gasteiger partial charge in [-0.25, -0.2) is 0 Å². The van der Waals surface area contributed by atoms with Gasteiger partial charge in [0.2, 0.25) is 5.91 Å². The number of anilines is 1. The van der Waals surface area contributed by atoms with E-state index in [0.29, 0.717) is 18.8 Å². The van der Waals surface area contributed by atoms with Crippen LogP contribution in [-0.2, 0) is 4.79 Å². The minimum Gasteiger partial charge on any atom is -0.465 e. The van der Waals surface area contributed by atoms with E-state index < -0.39 is 0 Å². The van der Waals surface area contributed by atoms with Crippen molar-refractivity contribution in [3.8, 4) is 0 Å². The van der Waals surface area contributed by atoms with Crippen LogP contribution in [0.15, 0.2) is 47.1 Å². The number of piperazine rings is 1. The zero-order valence-electron chi connectivity index (χ0n) is 13.0. The van der Waals surface area contributed by atoms with Gasteiger partial charge in [-0.3, -0.25) is 4.79 Å². The van der Waals surface area contributed by atoms with Crippen LogP contribution in [0.5, 0.6) is 0 Å². The number of rotatable bonds is 3. The fourth-order valence-corrected chi connectivity index (χ4v) is 2.90. The molecule has 0 atom stereocenters. The Kier molecular flexibility index (Phi) is 4.72. The predicted molar refractivity (Wildman–Crippen MR) is 92.7 cm³/mol. The van der Waals surface area contributed by atoms with Gasteiger partial charge in [-0.15, -0.1) is 0 Å². The van der Waals surface area contributed by atoms with Crippen LogP contribution >= 0.6 is 11.6 Å². The summed E-state index contributed by atoms with van der Waals surface area (Å²) < 4.78 is 5.19. The summed E-state index contributed by atoms with van der Waals surface area (Å²) in [6, 6.07) is 9.55. The second kappa shape index (κ2) is 6.92. The molecule has 1 fully saturated rings. The monoisotopic (exact) mass is 330 g/mol. The molecular weight excluding hydrogens is 312 g/mol. The van der Waals surface area contributed by atoms with E-state index in [1.165, 1.54) is 5.56 Å². The maximum absolute atomic E-state index is 12.2. The number of carbonyl (C=O) groups excluding carboxylic acids is 1. The molecule has 0 aliphatic carbocycles. The first kappa shape index (κ1) is 15.7. The molecule has 3 rings (SSSR count). The molecule has 0 N–H and O–H groups in total. The molecule has 4 nitrogen and oxygen atoms in total. The molecule has 23 heavy (non-hydrogen) atoms. The number of furan rings is 1. The number of nitrogens with zero attached hydrogens (tertiary/aromatic N) is 2. The van der Waals surface area contributed by atoms with Crippen LogP contribution in [0, 0.1) is 6.92 Å². The third-order valence-corrected chi connectivity index (χ3v) is 4.27. The van der Waals surface area contributed by atoms with Crippen molar-refractivity contribution in [2.45, 2.75) is 6.92 Å². The summed E-state index contributed by atoms with van der Waals surface area (Å²) in [6.07, 6.45) is 4.87. The standard InChI is InChI=1S/C18H19ClN2O2/c1-14-4-5-15(19)13-17(14)20-8-10-21(11-9-20)18(22)7-6-16-3-2-12-23-16/h2-7,12-13H,8-11H2,1H3. The lowest BCUT2D eigenvalue weighted by atomic mass is 10.1. The third-order valence-electron chi connectivity index (χ3n) is 4.04. The Labute approximate surface area is 140 Å². The highest BCUT2D eigenvalue weighted by molar-refractivity contribution is 6.30. The van der Waals surface area contributed by atoms with E-state index in [4.69, 9.17) is 16.0 Å². The summed E-state index contributed by atoms with van der Waals surface area (Å²) in [5.74, 6) is 0.704. The summed E-state index contributed by atoms with van der Waals surface area (Å²) in [5.41, 5.74) is 2.35. The molecule has 1 aromatic carbocycles. The summed E-state index contributed by atoms with van der Waals surface area (Å²) >= 11 is 6.10. The van der Waals surface area contributed by atoms with E-state index in [9.17, 15) is 4.79 Å². The van der Waals surface area contributed by atoms with Crippen molar-refractivity contribution < 1.29 is 9.21 Å². The van der Waals surface area contributed by atoms with Gasteiger partial charge in [0.1, 0.15) is 5.76 Å². The Morgan fingerprint density at radius 2 is 2.00 bits per heavy atom. The van der Waals surface area contributed by atoms with Gasteiger partial charge in [0.15, 0.2) is 0 Å². The number of benzene rings is 1. The van der Waals surface area contributed by atoms with Gasteiger partial charge in [0.25, 0.3) is 0 Å². The molecule has 1 aliphatic heterocycles. The van der Waals surface area contributed by atoms with Crippen molar-refractivity contribution in [1.82, 2.24) is 4.90 Å². The predicted octanol–water partition coefficient (Wildman–Crippen LogP) is 3.60. The maximum atomic E-state index is 12.2. The van der Waals surface area contributed by atoms with Gasteiger partial charge in [-0.05, 0) is 42.8 Å². The van der Waals surface area contributed by atoms with Crippen molar-refractivity contribution in [1.29, 1.82) is 0 Å². The van der Waals surface area contributed by atoms with Crippen molar-refractivity contribution in [2.75, 3.05) is 31.1 Å². The summed E-state index contributed by atoms with van der Waals surface area (Å²) in [5, 5.41) is 0.741. The number of aryl methyl sites for hydroxylation is 1. The molecule has 1 aromatic heterocycles. The zero-order chi connectivity index (χ0) is 16.2. The maximum Gasteiger partial charge on any atom is 0.246 e. The Balaban J connectivity index is 1.60. The largest absolute Gasteiger partial charge is 0.465 e. The molecule has 1 amide bonds. The second-order valence-electron chi connectivity index (χ2n) is 5.59.